The Morgan fingerprint density at radius 1 is 1.23 bits per heavy atom. The molecule has 0 spiro atoms. The van der Waals surface area contributed by atoms with Crippen molar-refractivity contribution in [1.82, 2.24) is 29.8 Å². The molecule has 1 saturated heterocycles. The number of aromatic nitrogens is 6. The number of fused-ring (bicyclic) bond motifs is 1. The standard InChI is InChI=1S/C22H27N7OS/c1-13(2)18-19(15-9-16(30-4)21-24-12-25-29(21)11-15)26-27-20(18)22-23-10-17(31-22)28-7-5-14(3)6-8-28/h9-14H,5-8H2,1-4H3,(H,26,27). The number of aromatic amines is 1. The number of rotatable bonds is 5. The van der Waals surface area contributed by atoms with Crippen molar-refractivity contribution in [1.29, 1.82) is 0 Å². The van der Waals surface area contributed by atoms with Crippen molar-refractivity contribution >= 4 is 22.0 Å². The molecule has 162 valence electrons. The summed E-state index contributed by atoms with van der Waals surface area (Å²) in [7, 11) is 1.64. The van der Waals surface area contributed by atoms with Gasteiger partial charge in [0.05, 0.1) is 24.7 Å². The largest absolute Gasteiger partial charge is 0.493 e. The minimum absolute atomic E-state index is 0.268. The molecule has 0 aromatic carbocycles. The Morgan fingerprint density at radius 2 is 2.03 bits per heavy atom. The first-order valence-corrected chi connectivity index (χ1v) is 11.5. The van der Waals surface area contributed by atoms with Gasteiger partial charge >= 0.3 is 0 Å². The summed E-state index contributed by atoms with van der Waals surface area (Å²) in [5.41, 5.74) is 4.65. The first-order valence-electron chi connectivity index (χ1n) is 10.7. The van der Waals surface area contributed by atoms with Gasteiger partial charge in [-0.25, -0.2) is 14.5 Å². The molecule has 1 fully saturated rings. The molecule has 4 aromatic heterocycles. The summed E-state index contributed by atoms with van der Waals surface area (Å²) < 4.78 is 7.27. The number of methoxy groups -OCH3 is 1. The molecule has 0 saturated carbocycles. The van der Waals surface area contributed by atoms with Gasteiger partial charge in [0.2, 0.25) is 0 Å². The molecule has 31 heavy (non-hydrogen) atoms. The Balaban J connectivity index is 1.54. The van der Waals surface area contributed by atoms with Crippen LogP contribution < -0.4 is 9.64 Å². The SMILES string of the molecule is COc1cc(-c2n[nH]c(-c3ncc(N4CCC(C)CC4)s3)c2C(C)C)cn2ncnc12. The van der Waals surface area contributed by atoms with Crippen LogP contribution in [0.15, 0.2) is 24.8 Å². The Kier molecular flexibility index (Phi) is 5.13. The van der Waals surface area contributed by atoms with E-state index in [0.717, 1.165) is 46.5 Å². The minimum atomic E-state index is 0.268. The van der Waals surface area contributed by atoms with Gasteiger partial charge in [-0.3, -0.25) is 5.10 Å². The van der Waals surface area contributed by atoms with Crippen LogP contribution in [0, 0.1) is 5.92 Å². The summed E-state index contributed by atoms with van der Waals surface area (Å²) in [6.45, 7) is 8.91. The minimum Gasteiger partial charge on any atom is -0.493 e. The van der Waals surface area contributed by atoms with Gasteiger partial charge in [-0.2, -0.15) is 10.2 Å². The molecule has 1 aliphatic rings. The topological polar surface area (TPSA) is 84.2 Å². The number of anilines is 1. The Hall–Kier alpha value is -2.94. The number of hydrogen-bond donors (Lipinski definition) is 1. The molecule has 8 nitrogen and oxygen atoms in total. The average molecular weight is 438 g/mol. The lowest BCUT2D eigenvalue weighted by Gasteiger charge is -2.30. The second kappa shape index (κ2) is 7.96. The van der Waals surface area contributed by atoms with Crippen LogP contribution in [0.5, 0.6) is 5.75 Å². The molecule has 4 aromatic rings. The van der Waals surface area contributed by atoms with E-state index >= 15 is 0 Å². The van der Waals surface area contributed by atoms with Crippen molar-refractivity contribution in [3.8, 4) is 27.7 Å². The third-order valence-electron chi connectivity index (χ3n) is 6.02. The molecule has 0 unspecified atom stereocenters. The van der Waals surface area contributed by atoms with Crippen molar-refractivity contribution in [2.45, 2.75) is 39.5 Å². The summed E-state index contributed by atoms with van der Waals surface area (Å²) in [6, 6.07) is 1.97. The Morgan fingerprint density at radius 3 is 2.77 bits per heavy atom. The molecule has 5 heterocycles. The van der Waals surface area contributed by atoms with Crippen LogP contribution in [0.4, 0.5) is 5.00 Å². The third-order valence-corrected chi connectivity index (χ3v) is 7.09. The molecule has 0 aliphatic carbocycles. The number of piperidine rings is 1. The van der Waals surface area contributed by atoms with E-state index in [9.17, 15) is 0 Å². The number of thiazole rings is 1. The fourth-order valence-corrected chi connectivity index (χ4v) is 5.21. The molecule has 0 atom stereocenters. The van der Waals surface area contributed by atoms with E-state index in [-0.39, 0.29) is 5.92 Å². The highest BCUT2D eigenvalue weighted by Gasteiger charge is 2.24. The van der Waals surface area contributed by atoms with Crippen molar-refractivity contribution in [3.05, 3.63) is 30.4 Å². The fourth-order valence-electron chi connectivity index (χ4n) is 4.23. The van der Waals surface area contributed by atoms with Crippen molar-refractivity contribution in [3.63, 3.8) is 0 Å². The van der Waals surface area contributed by atoms with E-state index in [2.05, 4.69) is 40.9 Å². The highest BCUT2D eigenvalue weighted by atomic mass is 32.1. The monoisotopic (exact) mass is 437 g/mol. The van der Waals surface area contributed by atoms with Crippen molar-refractivity contribution in [2.75, 3.05) is 25.1 Å². The molecule has 9 heteroatoms. The number of H-pyrrole nitrogens is 1. The van der Waals surface area contributed by atoms with Gasteiger partial charge in [0, 0.05) is 30.4 Å². The summed E-state index contributed by atoms with van der Waals surface area (Å²) in [4.78, 5) is 11.5. The predicted octanol–water partition coefficient (Wildman–Crippen LogP) is 4.61. The maximum atomic E-state index is 5.54. The quantitative estimate of drug-likeness (QED) is 0.491. The molecule has 1 N–H and O–H groups in total. The summed E-state index contributed by atoms with van der Waals surface area (Å²) in [5.74, 6) is 1.75. The average Bonchev–Trinajstić information content (AvgIpc) is 3.51. The molecule has 1 aliphatic heterocycles. The van der Waals surface area contributed by atoms with Gasteiger partial charge in [-0.05, 0) is 30.7 Å². The lowest BCUT2D eigenvalue weighted by molar-refractivity contribution is 0.416. The van der Waals surface area contributed by atoms with Crippen LogP contribution in [0.3, 0.4) is 0 Å². The highest BCUT2D eigenvalue weighted by molar-refractivity contribution is 7.18. The molecular formula is C22H27N7OS. The van der Waals surface area contributed by atoms with Crippen LogP contribution in [-0.4, -0.2) is 50.0 Å². The van der Waals surface area contributed by atoms with E-state index in [0.29, 0.717) is 11.4 Å². The van der Waals surface area contributed by atoms with E-state index in [1.807, 2.05) is 18.5 Å². The number of nitrogens with one attached hydrogen (secondary N) is 1. The Bertz CT molecular complexity index is 1200. The third kappa shape index (κ3) is 3.56. The zero-order valence-corrected chi connectivity index (χ0v) is 19.1. The first kappa shape index (κ1) is 20.0. The van der Waals surface area contributed by atoms with Crippen LogP contribution in [-0.2, 0) is 0 Å². The van der Waals surface area contributed by atoms with Gasteiger partial charge in [-0.1, -0.05) is 32.1 Å². The maximum absolute atomic E-state index is 5.54. The van der Waals surface area contributed by atoms with Gasteiger partial charge in [0.25, 0.3) is 0 Å². The zero-order chi connectivity index (χ0) is 21.5. The first-order chi connectivity index (χ1) is 15.0. The van der Waals surface area contributed by atoms with Crippen molar-refractivity contribution in [2.24, 2.45) is 5.92 Å². The highest BCUT2D eigenvalue weighted by Crippen LogP contribution is 2.40. The van der Waals surface area contributed by atoms with Crippen LogP contribution >= 0.6 is 11.3 Å². The molecule has 5 rings (SSSR count). The van der Waals surface area contributed by atoms with E-state index in [1.165, 1.54) is 24.2 Å². The maximum Gasteiger partial charge on any atom is 0.197 e. The van der Waals surface area contributed by atoms with Crippen LogP contribution in [0.1, 0.15) is 45.1 Å². The molecule has 0 radical (unpaired) electrons. The van der Waals surface area contributed by atoms with Crippen molar-refractivity contribution < 1.29 is 4.74 Å². The summed E-state index contributed by atoms with van der Waals surface area (Å²) in [6.07, 6.45) is 7.96. The van der Waals surface area contributed by atoms with E-state index in [1.54, 1.807) is 23.0 Å². The van der Waals surface area contributed by atoms with Gasteiger partial charge < -0.3 is 9.64 Å². The number of ether oxygens (including phenoxy) is 1. The Labute approximate surface area is 185 Å². The van der Waals surface area contributed by atoms with E-state index in [4.69, 9.17) is 14.8 Å². The normalized spacial score (nSPS) is 15.3. The predicted molar refractivity (Wildman–Crippen MR) is 123 cm³/mol. The zero-order valence-electron chi connectivity index (χ0n) is 18.3. The van der Waals surface area contributed by atoms with Gasteiger partial charge in [0.1, 0.15) is 16.3 Å². The second-order valence-corrected chi connectivity index (χ2v) is 9.52. The molecular weight excluding hydrogens is 410 g/mol. The van der Waals surface area contributed by atoms with E-state index < -0.39 is 0 Å². The number of nitrogens with zero attached hydrogens (tertiary/aromatic N) is 6. The fraction of sp³-hybridized carbons (Fsp3) is 0.455. The van der Waals surface area contributed by atoms with Crippen LogP contribution in [0.2, 0.25) is 0 Å². The lowest BCUT2D eigenvalue weighted by Crippen LogP contribution is -2.32. The number of pyridine rings is 1. The lowest BCUT2D eigenvalue weighted by atomic mass is 9.97. The summed E-state index contributed by atoms with van der Waals surface area (Å²) in [5, 5.41) is 14.5. The number of hydrogen-bond acceptors (Lipinski definition) is 7. The molecule has 0 bridgehead atoms. The summed E-state index contributed by atoms with van der Waals surface area (Å²) >= 11 is 1.74. The second-order valence-electron chi connectivity index (χ2n) is 8.51. The molecule has 0 amide bonds. The van der Waals surface area contributed by atoms with Crippen LogP contribution in [0.25, 0.3) is 27.6 Å². The smallest absolute Gasteiger partial charge is 0.197 e. The van der Waals surface area contributed by atoms with Gasteiger partial charge in [-0.15, -0.1) is 0 Å². The van der Waals surface area contributed by atoms with Gasteiger partial charge in [0.15, 0.2) is 11.4 Å².